The summed E-state index contributed by atoms with van der Waals surface area (Å²) in [4.78, 5) is 25.4. The molecule has 1 fully saturated rings. The molecule has 2 aromatic rings. The molecule has 0 bridgehead atoms. The summed E-state index contributed by atoms with van der Waals surface area (Å²) in [5.41, 5.74) is 2.25. The Kier molecular flexibility index (Phi) is 5.11. The van der Waals surface area contributed by atoms with Crippen LogP contribution in [0.4, 0.5) is 0 Å². The lowest BCUT2D eigenvalue weighted by molar-refractivity contribution is -0.137. The second kappa shape index (κ2) is 7.46. The molecule has 0 aliphatic carbocycles. The normalized spacial score (nSPS) is 17.5. The van der Waals surface area contributed by atoms with Crippen molar-refractivity contribution in [2.75, 3.05) is 6.54 Å². The lowest BCUT2D eigenvalue weighted by Crippen LogP contribution is -2.44. The molecular weight excluding hydrogens is 320 g/mol. The Balaban J connectivity index is 1.76. The van der Waals surface area contributed by atoms with Gasteiger partial charge in [-0.25, -0.2) is 4.68 Å². The van der Waals surface area contributed by atoms with Crippen LogP contribution in [0.3, 0.4) is 0 Å². The van der Waals surface area contributed by atoms with Crippen molar-refractivity contribution in [2.45, 2.75) is 45.1 Å². The number of piperidine rings is 1. The van der Waals surface area contributed by atoms with Gasteiger partial charge in [0.1, 0.15) is 0 Å². The van der Waals surface area contributed by atoms with Crippen molar-refractivity contribution >= 4 is 11.9 Å². The fraction of sp³-hybridized carbons (Fsp3) is 0.444. The van der Waals surface area contributed by atoms with Crippen LogP contribution >= 0.6 is 0 Å². The van der Waals surface area contributed by atoms with Crippen LogP contribution in [0, 0.1) is 6.92 Å². The van der Waals surface area contributed by atoms with E-state index in [2.05, 4.69) is 10.3 Å². The number of aliphatic carboxylic acids is 1. The van der Waals surface area contributed by atoms with E-state index in [4.69, 9.17) is 5.11 Å². The Labute approximate surface area is 146 Å². The van der Waals surface area contributed by atoms with Gasteiger partial charge in [-0.3, -0.25) is 9.59 Å². The summed E-state index contributed by atoms with van der Waals surface area (Å²) in [6, 6.07) is 7.76. The molecule has 7 heteroatoms. The third-order valence-electron chi connectivity index (χ3n) is 4.56. The highest BCUT2D eigenvalue weighted by molar-refractivity contribution is 5.92. The van der Waals surface area contributed by atoms with E-state index in [1.807, 2.05) is 31.2 Å². The van der Waals surface area contributed by atoms with E-state index >= 15 is 0 Å². The molecule has 0 unspecified atom stereocenters. The predicted molar refractivity (Wildman–Crippen MR) is 91.6 cm³/mol. The number of benzene rings is 1. The molecule has 0 radical (unpaired) electrons. The number of carbonyl (C=O) groups excluding carboxylic acids is 1. The summed E-state index contributed by atoms with van der Waals surface area (Å²) >= 11 is 0. The standard InChI is InChI=1S/C18H22N4O3/c1-13-5-4-7-15(11-13)22-12-16(19-20-22)18(25)21-10-3-2-6-14(21)8-9-17(23)24/h4-5,7,11-12,14H,2-3,6,8-10H2,1H3,(H,23,24)/t14-/m0/s1. The minimum atomic E-state index is -0.830. The van der Waals surface area contributed by atoms with Gasteiger partial charge in [0, 0.05) is 19.0 Å². The molecule has 1 N–H and O–H groups in total. The number of carboxylic acids is 1. The molecule has 132 valence electrons. The van der Waals surface area contributed by atoms with Crippen LogP contribution in [0.15, 0.2) is 30.5 Å². The molecule has 1 atom stereocenters. The molecule has 1 aliphatic rings. The molecule has 1 amide bonds. The number of hydrogen-bond acceptors (Lipinski definition) is 4. The second-order valence-electron chi connectivity index (χ2n) is 6.47. The van der Waals surface area contributed by atoms with Gasteiger partial charge in [0.2, 0.25) is 0 Å². The van der Waals surface area contributed by atoms with Crippen LogP contribution < -0.4 is 0 Å². The third kappa shape index (κ3) is 4.04. The number of likely N-dealkylation sites (tertiary alicyclic amines) is 1. The molecule has 7 nitrogen and oxygen atoms in total. The van der Waals surface area contributed by atoms with Crippen molar-refractivity contribution in [1.29, 1.82) is 0 Å². The van der Waals surface area contributed by atoms with E-state index in [9.17, 15) is 9.59 Å². The topological polar surface area (TPSA) is 88.3 Å². The Morgan fingerprint density at radius 1 is 1.32 bits per heavy atom. The highest BCUT2D eigenvalue weighted by Crippen LogP contribution is 2.23. The first kappa shape index (κ1) is 17.1. The number of carbonyl (C=O) groups is 2. The number of aryl methyl sites for hydroxylation is 1. The molecule has 1 aromatic carbocycles. The molecular formula is C18H22N4O3. The minimum Gasteiger partial charge on any atom is -0.481 e. The number of rotatable bonds is 5. The highest BCUT2D eigenvalue weighted by atomic mass is 16.4. The Hall–Kier alpha value is -2.70. The first-order chi connectivity index (χ1) is 12.0. The number of nitrogens with zero attached hydrogens (tertiary/aromatic N) is 4. The lowest BCUT2D eigenvalue weighted by Gasteiger charge is -2.35. The first-order valence-electron chi connectivity index (χ1n) is 8.57. The largest absolute Gasteiger partial charge is 0.481 e. The van der Waals surface area contributed by atoms with Gasteiger partial charge >= 0.3 is 5.97 Å². The fourth-order valence-corrected chi connectivity index (χ4v) is 3.26. The zero-order valence-corrected chi connectivity index (χ0v) is 14.3. The second-order valence-corrected chi connectivity index (χ2v) is 6.47. The maximum atomic E-state index is 12.8. The Bertz CT molecular complexity index is 771. The first-order valence-corrected chi connectivity index (χ1v) is 8.57. The van der Waals surface area contributed by atoms with E-state index in [1.54, 1.807) is 15.8 Å². The van der Waals surface area contributed by atoms with Gasteiger partial charge in [-0.1, -0.05) is 17.3 Å². The zero-order valence-electron chi connectivity index (χ0n) is 14.3. The van der Waals surface area contributed by atoms with Crippen LogP contribution in [0.2, 0.25) is 0 Å². The van der Waals surface area contributed by atoms with Gasteiger partial charge in [-0.05, 0) is 50.3 Å². The molecule has 25 heavy (non-hydrogen) atoms. The number of hydrogen-bond donors (Lipinski definition) is 1. The zero-order chi connectivity index (χ0) is 17.8. The summed E-state index contributed by atoms with van der Waals surface area (Å²) < 4.78 is 1.59. The van der Waals surface area contributed by atoms with Gasteiger partial charge in [0.25, 0.3) is 5.91 Å². The van der Waals surface area contributed by atoms with Crippen molar-refractivity contribution in [2.24, 2.45) is 0 Å². The molecule has 2 heterocycles. The monoisotopic (exact) mass is 342 g/mol. The lowest BCUT2D eigenvalue weighted by atomic mass is 9.97. The maximum Gasteiger partial charge on any atom is 0.303 e. The van der Waals surface area contributed by atoms with E-state index in [0.717, 1.165) is 30.5 Å². The van der Waals surface area contributed by atoms with E-state index in [1.165, 1.54) is 0 Å². The van der Waals surface area contributed by atoms with E-state index < -0.39 is 5.97 Å². The highest BCUT2D eigenvalue weighted by Gasteiger charge is 2.29. The van der Waals surface area contributed by atoms with Crippen molar-refractivity contribution < 1.29 is 14.7 Å². The summed E-state index contributed by atoms with van der Waals surface area (Å²) in [5, 5.41) is 17.0. The SMILES string of the molecule is Cc1cccc(-n2cc(C(=O)N3CCCC[C@H]3CCC(=O)O)nn2)c1. The summed E-state index contributed by atoms with van der Waals surface area (Å²) in [6.07, 6.45) is 4.98. The fourth-order valence-electron chi connectivity index (χ4n) is 3.26. The maximum absolute atomic E-state index is 12.8. The van der Waals surface area contributed by atoms with Gasteiger partial charge in [0.15, 0.2) is 5.69 Å². The van der Waals surface area contributed by atoms with Gasteiger partial charge in [-0.15, -0.1) is 5.10 Å². The number of amides is 1. The quantitative estimate of drug-likeness (QED) is 0.901. The predicted octanol–water partition coefficient (Wildman–Crippen LogP) is 2.44. The van der Waals surface area contributed by atoms with E-state index in [-0.39, 0.29) is 18.4 Å². The third-order valence-corrected chi connectivity index (χ3v) is 4.56. The molecule has 1 aromatic heterocycles. The van der Waals surface area contributed by atoms with Crippen LogP contribution in [0.25, 0.3) is 5.69 Å². The molecule has 1 saturated heterocycles. The van der Waals surface area contributed by atoms with Crippen LogP contribution in [-0.2, 0) is 4.79 Å². The molecule has 3 rings (SSSR count). The summed E-state index contributed by atoms with van der Waals surface area (Å²) in [7, 11) is 0. The molecule has 0 saturated carbocycles. The van der Waals surface area contributed by atoms with Crippen LogP contribution in [0.5, 0.6) is 0 Å². The Morgan fingerprint density at radius 3 is 2.92 bits per heavy atom. The van der Waals surface area contributed by atoms with Crippen molar-refractivity contribution in [1.82, 2.24) is 19.9 Å². The summed E-state index contributed by atoms with van der Waals surface area (Å²) in [6.45, 7) is 2.63. The molecule has 0 spiro atoms. The minimum absolute atomic E-state index is 0.0403. The Morgan fingerprint density at radius 2 is 2.16 bits per heavy atom. The van der Waals surface area contributed by atoms with Crippen LogP contribution in [-0.4, -0.2) is 49.5 Å². The van der Waals surface area contributed by atoms with Crippen molar-refractivity contribution in [3.8, 4) is 5.69 Å². The number of carboxylic acid groups (broad SMARTS) is 1. The van der Waals surface area contributed by atoms with Crippen molar-refractivity contribution in [3.63, 3.8) is 0 Å². The number of aromatic nitrogens is 3. The average molecular weight is 342 g/mol. The van der Waals surface area contributed by atoms with Gasteiger partial charge in [-0.2, -0.15) is 0 Å². The van der Waals surface area contributed by atoms with Gasteiger partial charge in [0.05, 0.1) is 11.9 Å². The average Bonchev–Trinajstić information content (AvgIpc) is 3.10. The molecule has 1 aliphatic heterocycles. The van der Waals surface area contributed by atoms with Gasteiger partial charge < -0.3 is 10.0 Å². The van der Waals surface area contributed by atoms with Crippen LogP contribution in [0.1, 0.15) is 48.2 Å². The smallest absolute Gasteiger partial charge is 0.303 e. The van der Waals surface area contributed by atoms with Crippen molar-refractivity contribution in [3.05, 3.63) is 41.7 Å². The van der Waals surface area contributed by atoms with E-state index in [0.29, 0.717) is 18.7 Å². The summed E-state index contributed by atoms with van der Waals surface area (Å²) in [5.74, 6) is -1.00.